The fraction of sp³-hybridized carbons (Fsp3) is 0.929. The first kappa shape index (κ1) is 15.4. The second kappa shape index (κ2) is 7.10. The summed E-state index contributed by atoms with van der Waals surface area (Å²) >= 11 is 0. The van der Waals surface area contributed by atoms with Crippen molar-refractivity contribution in [3.63, 3.8) is 0 Å². The summed E-state index contributed by atoms with van der Waals surface area (Å²) in [5, 5.41) is 3.06. The number of rotatable bonds is 5. The number of carbonyl (C=O) groups excluding carboxylic acids is 1. The van der Waals surface area contributed by atoms with E-state index in [9.17, 15) is 4.79 Å². The van der Waals surface area contributed by atoms with Gasteiger partial charge in [0.15, 0.2) is 0 Å². The minimum Gasteiger partial charge on any atom is -0.352 e. The molecule has 0 aliphatic carbocycles. The fourth-order valence-electron chi connectivity index (χ4n) is 2.50. The van der Waals surface area contributed by atoms with E-state index in [-0.39, 0.29) is 23.9 Å². The minimum absolute atomic E-state index is 0.0718. The van der Waals surface area contributed by atoms with Gasteiger partial charge in [-0.2, -0.15) is 0 Å². The van der Waals surface area contributed by atoms with Crippen LogP contribution in [0.3, 0.4) is 0 Å². The standard InChI is InChI=1S/C14H29N3O/c1-10-6-5-7-17(8-10)9-11(2)16-14(18)12(3)13(4)15/h10-13H,5-9,15H2,1-4H3,(H,16,18). The first-order valence-electron chi connectivity index (χ1n) is 7.18. The van der Waals surface area contributed by atoms with E-state index in [0.29, 0.717) is 0 Å². The molecule has 1 fully saturated rings. The van der Waals surface area contributed by atoms with Crippen LogP contribution in [-0.4, -0.2) is 42.5 Å². The summed E-state index contributed by atoms with van der Waals surface area (Å²) in [6.45, 7) is 11.4. The molecule has 1 aliphatic heterocycles. The van der Waals surface area contributed by atoms with Gasteiger partial charge in [-0.1, -0.05) is 13.8 Å². The molecule has 18 heavy (non-hydrogen) atoms. The maximum Gasteiger partial charge on any atom is 0.224 e. The van der Waals surface area contributed by atoms with Crippen LogP contribution < -0.4 is 11.1 Å². The molecule has 3 N–H and O–H groups in total. The monoisotopic (exact) mass is 255 g/mol. The Morgan fingerprint density at radius 3 is 2.67 bits per heavy atom. The van der Waals surface area contributed by atoms with Crippen molar-refractivity contribution in [2.24, 2.45) is 17.6 Å². The third kappa shape index (κ3) is 4.94. The van der Waals surface area contributed by atoms with Gasteiger partial charge in [0.1, 0.15) is 0 Å². The van der Waals surface area contributed by atoms with Gasteiger partial charge >= 0.3 is 0 Å². The van der Waals surface area contributed by atoms with Crippen LogP contribution in [0.25, 0.3) is 0 Å². The highest BCUT2D eigenvalue weighted by Gasteiger charge is 2.21. The van der Waals surface area contributed by atoms with Crippen LogP contribution in [0, 0.1) is 11.8 Å². The van der Waals surface area contributed by atoms with E-state index in [1.165, 1.54) is 12.8 Å². The van der Waals surface area contributed by atoms with E-state index in [4.69, 9.17) is 5.73 Å². The van der Waals surface area contributed by atoms with Crippen molar-refractivity contribution in [2.75, 3.05) is 19.6 Å². The zero-order valence-corrected chi connectivity index (χ0v) is 12.3. The third-order valence-corrected chi connectivity index (χ3v) is 3.86. The first-order valence-corrected chi connectivity index (χ1v) is 7.18. The highest BCUT2D eigenvalue weighted by Crippen LogP contribution is 2.15. The van der Waals surface area contributed by atoms with Gasteiger partial charge in [-0.3, -0.25) is 4.79 Å². The number of piperidine rings is 1. The minimum atomic E-state index is -0.118. The topological polar surface area (TPSA) is 58.4 Å². The Kier molecular flexibility index (Phi) is 6.09. The quantitative estimate of drug-likeness (QED) is 0.776. The largest absolute Gasteiger partial charge is 0.352 e. The van der Waals surface area contributed by atoms with Crippen molar-refractivity contribution in [3.8, 4) is 0 Å². The van der Waals surface area contributed by atoms with Crippen LogP contribution >= 0.6 is 0 Å². The lowest BCUT2D eigenvalue weighted by Crippen LogP contribution is -2.48. The number of likely N-dealkylation sites (tertiary alicyclic amines) is 1. The molecule has 0 aromatic rings. The summed E-state index contributed by atoms with van der Waals surface area (Å²) < 4.78 is 0. The van der Waals surface area contributed by atoms with Crippen molar-refractivity contribution in [2.45, 2.75) is 52.6 Å². The van der Waals surface area contributed by atoms with Gasteiger partial charge in [0.2, 0.25) is 5.91 Å². The maximum atomic E-state index is 11.9. The average Bonchev–Trinajstić information content (AvgIpc) is 2.27. The van der Waals surface area contributed by atoms with Gasteiger partial charge in [0.25, 0.3) is 0 Å². The van der Waals surface area contributed by atoms with Crippen molar-refractivity contribution in [1.82, 2.24) is 10.2 Å². The van der Waals surface area contributed by atoms with Crippen molar-refractivity contribution >= 4 is 5.91 Å². The number of nitrogens with one attached hydrogen (secondary N) is 1. The van der Waals surface area contributed by atoms with Gasteiger partial charge in [0.05, 0.1) is 0 Å². The molecule has 1 saturated heterocycles. The summed E-state index contributed by atoms with van der Waals surface area (Å²) in [5.41, 5.74) is 5.74. The van der Waals surface area contributed by atoms with Gasteiger partial charge in [0, 0.05) is 31.1 Å². The Hall–Kier alpha value is -0.610. The molecular formula is C14H29N3O. The van der Waals surface area contributed by atoms with Crippen LogP contribution in [0.15, 0.2) is 0 Å². The highest BCUT2D eigenvalue weighted by molar-refractivity contribution is 5.79. The molecular weight excluding hydrogens is 226 g/mol. The zero-order chi connectivity index (χ0) is 13.7. The predicted molar refractivity (Wildman–Crippen MR) is 75.3 cm³/mol. The van der Waals surface area contributed by atoms with Gasteiger partial charge in [-0.15, -0.1) is 0 Å². The number of nitrogens with two attached hydrogens (primary N) is 1. The molecule has 4 atom stereocenters. The van der Waals surface area contributed by atoms with E-state index in [2.05, 4.69) is 24.1 Å². The molecule has 4 unspecified atom stereocenters. The normalized spacial score (nSPS) is 26.4. The van der Waals surface area contributed by atoms with Gasteiger partial charge < -0.3 is 16.0 Å². The second-order valence-electron chi connectivity index (χ2n) is 6.06. The Morgan fingerprint density at radius 2 is 2.11 bits per heavy atom. The molecule has 1 rings (SSSR count). The molecule has 1 amide bonds. The number of hydrogen-bond acceptors (Lipinski definition) is 3. The Bertz CT molecular complexity index is 268. The molecule has 1 aliphatic rings. The molecule has 0 saturated carbocycles. The zero-order valence-electron chi connectivity index (χ0n) is 12.3. The van der Waals surface area contributed by atoms with E-state index < -0.39 is 0 Å². The lowest BCUT2D eigenvalue weighted by molar-refractivity contribution is -0.125. The Morgan fingerprint density at radius 1 is 1.44 bits per heavy atom. The van der Waals surface area contributed by atoms with Crippen molar-refractivity contribution < 1.29 is 4.79 Å². The lowest BCUT2D eigenvalue weighted by Gasteiger charge is -2.33. The molecule has 0 spiro atoms. The highest BCUT2D eigenvalue weighted by atomic mass is 16.1. The summed E-state index contributed by atoms with van der Waals surface area (Å²) in [5.74, 6) is 0.736. The molecule has 106 valence electrons. The van der Waals surface area contributed by atoms with Gasteiger partial charge in [-0.25, -0.2) is 0 Å². The van der Waals surface area contributed by atoms with Crippen molar-refractivity contribution in [1.29, 1.82) is 0 Å². The predicted octanol–water partition coefficient (Wildman–Crippen LogP) is 1.21. The average molecular weight is 255 g/mol. The first-order chi connectivity index (χ1) is 8.40. The van der Waals surface area contributed by atoms with Crippen LogP contribution in [0.4, 0.5) is 0 Å². The van der Waals surface area contributed by atoms with Gasteiger partial charge in [-0.05, 0) is 39.2 Å². The van der Waals surface area contributed by atoms with E-state index >= 15 is 0 Å². The third-order valence-electron chi connectivity index (χ3n) is 3.86. The van der Waals surface area contributed by atoms with Crippen LogP contribution in [0.2, 0.25) is 0 Å². The molecule has 1 heterocycles. The van der Waals surface area contributed by atoms with E-state index in [1.807, 2.05) is 13.8 Å². The van der Waals surface area contributed by atoms with Crippen molar-refractivity contribution in [3.05, 3.63) is 0 Å². The number of hydrogen-bond donors (Lipinski definition) is 2. The Balaban J connectivity index is 2.32. The summed E-state index contributed by atoms with van der Waals surface area (Å²) in [6, 6.07) is 0.108. The molecule has 0 aromatic heterocycles. The summed E-state index contributed by atoms with van der Waals surface area (Å²) in [7, 11) is 0. The molecule has 4 heteroatoms. The summed E-state index contributed by atoms with van der Waals surface area (Å²) in [4.78, 5) is 14.3. The molecule has 0 radical (unpaired) electrons. The lowest BCUT2D eigenvalue weighted by atomic mass is 10.00. The summed E-state index contributed by atoms with van der Waals surface area (Å²) in [6.07, 6.45) is 2.61. The molecule has 0 bridgehead atoms. The van der Waals surface area contributed by atoms with Crippen LogP contribution in [-0.2, 0) is 4.79 Å². The smallest absolute Gasteiger partial charge is 0.224 e. The van der Waals surface area contributed by atoms with E-state index in [0.717, 1.165) is 25.6 Å². The molecule has 0 aromatic carbocycles. The number of nitrogens with zero attached hydrogens (tertiary/aromatic N) is 1. The second-order valence-corrected chi connectivity index (χ2v) is 6.06. The Labute approximate surface area is 111 Å². The molecule has 4 nitrogen and oxygen atoms in total. The number of amides is 1. The fourth-order valence-corrected chi connectivity index (χ4v) is 2.50. The van der Waals surface area contributed by atoms with Crippen LogP contribution in [0.5, 0.6) is 0 Å². The van der Waals surface area contributed by atoms with Crippen LogP contribution in [0.1, 0.15) is 40.5 Å². The maximum absolute atomic E-state index is 11.9. The SMILES string of the molecule is CC1CCCN(CC(C)NC(=O)C(C)C(C)N)C1. The van der Waals surface area contributed by atoms with E-state index in [1.54, 1.807) is 0 Å². The number of carbonyl (C=O) groups is 1.